The van der Waals surface area contributed by atoms with E-state index in [1.165, 1.54) is 40.7 Å². The lowest BCUT2D eigenvalue weighted by molar-refractivity contribution is -0.0498. The highest BCUT2D eigenvalue weighted by Crippen LogP contribution is 2.32. The normalized spacial score (nSPS) is 13.2. The van der Waals surface area contributed by atoms with Crippen molar-refractivity contribution in [2.45, 2.75) is 24.5 Å². The number of carbonyl (C=O) groups excluding carboxylic acids is 1. The van der Waals surface area contributed by atoms with Gasteiger partial charge < -0.3 is 10.1 Å². The molecule has 1 aliphatic heterocycles. The number of sulfonamides is 1. The van der Waals surface area contributed by atoms with Crippen molar-refractivity contribution in [2.75, 3.05) is 10.8 Å². The lowest BCUT2D eigenvalue weighted by atomic mass is 10.2. The lowest BCUT2D eigenvalue weighted by Crippen LogP contribution is -2.29. The topological polar surface area (TPSA) is 75.7 Å². The third kappa shape index (κ3) is 4.57. The maximum Gasteiger partial charge on any atom is 0.387 e. The summed E-state index contributed by atoms with van der Waals surface area (Å²) < 4.78 is 56.8. The zero-order chi connectivity index (χ0) is 22.7. The molecule has 9 heteroatoms. The maximum atomic E-state index is 13.2. The van der Waals surface area contributed by atoms with Crippen LogP contribution in [0.4, 0.5) is 14.5 Å². The van der Waals surface area contributed by atoms with Gasteiger partial charge in [0, 0.05) is 18.7 Å². The largest absolute Gasteiger partial charge is 0.435 e. The first-order chi connectivity index (χ1) is 15.3. The Morgan fingerprint density at radius 3 is 2.62 bits per heavy atom. The highest BCUT2D eigenvalue weighted by molar-refractivity contribution is 7.92. The van der Waals surface area contributed by atoms with Gasteiger partial charge in [0.25, 0.3) is 15.9 Å². The molecule has 0 radical (unpaired) electrons. The van der Waals surface area contributed by atoms with E-state index in [0.29, 0.717) is 24.2 Å². The lowest BCUT2D eigenvalue weighted by Gasteiger charge is -2.20. The van der Waals surface area contributed by atoms with Crippen molar-refractivity contribution in [3.05, 3.63) is 89.5 Å². The van der Waals surface area contributed by atoms with Crippen LogP contribution in [0.3, 0.4) is 0 Å². The van der Waals surface area contributed by atoms with Crippen LogP contribution in [0.2, 0.25) is 0 Å². The number of alkyl halides is 2. The van der Waals surface area contributed by atoms with E-state index in [2.05, 4.69) is 10.1 Å². The molecule has 0 saturated heterocycles. The molecule has 0 bridgehead atoms. The van der Waals surface area contributed by atoms with Crippen molar-refractivity contribution >= 4 is 21.6 Å². The molecule has 1 N–H and O–H groups in total. The summed E-state index contributed by atoms with van der Waals surface area (Å²) in [5.41, 5.74) is 2.35. The Hall–Kier alpha value is -3.46. The fraction of sp³-hybridized carbons (Fsp3) is 0.174. The second-order valence-corrected chi connectivity index (χ2v) is 9.05. The van der Waals surface area contributed by atoms with Crippen molar-refractivity contribution in [1.82, 2.24) is 5.32 Å². The van der Waals surface area contributed by atoms with Crippen LogP contribution in [0.25, 0.3) is 0 Å². The maximum absolute atomic E-state index is 13.2. The first-order valence-electron chi connectivity index (χ1n) is 9.87. The average Bonchev–Trinajstić information content (AvgIpc) is 3.22. The Kier molecular flexibility index (Phi) is 6.09. The summed E-state index contributed by atoms with van der Waals surface area (Å²) in [5, 5.41) is 2.67. The number of halogens is 2. The van der Waals surface area contributed by atoms with E-state index in [9.17, 15) is 22.0 Å². The number of amides is 1. The van der Waals surface area contributed by atoms with Gasteiger partial charge in [-0.15, -0.1) is 0 Å². The standard InChI is InChI=1S/C23H20F2N2O4S/c24-23(25)31-19-8-3-5-16(13-19)15-26-22(28)18-7-4-9-20(14-18)32(29,30)27-12-11-17-6-1-2-10-21(17)27/h1-10,13-14,23H,11-12,15H2,(H,26,28). The van der Waals surface area contributed by atoms with E-state index in [1.807, 2.05) is 12.1 Å². The molecule has 1 aliphatic rings. The van der Waals surface area contributed by atoms with Crippen LogP contribution in [0.1, 0.15) is 21.5 Å². The van der Waals surface area contributed by atoms with Gasteiger partial charge in [-0.2, -0.15) is 8.78 Å². The fourth-order valence-corrected chi connectivity index (χ4v) is 5.15. The van der Waals surface area contributed by atoms with E-state index >= 15 is 0 Å². The van der Waals surface area contributed by atoms with Gasteiger partial charge in [0.2, 0.25) is 0 Å². The van der Waals surface area contributed by atoms with Gasteiger partial charge in [0.1, 0.15) is 5.75 Å². The number of rotatable bonds is 7. The minimum atomic E-state index is -3.83. The molecule has 0 unspecified atom stereocenters. The number of nitrogens with one attached hydrogen (secondary N) is 1. The predicted octanol–water partition coefficient (Wildman–Crippen LogP) is 3.97. The van der Waals surface area contributed by atoms with Crippen LogP contribution in [-0.4, -0.2) is 27.5 Å². The van der Waals surface area contributed by atoms with Crippen molar-refractivity contribution in [2.24, 2.45) is 0 Å². The highest BCUT2D eigenvalue weighted by atomic mass is 32.2. The van der Waals surface area contributed by atoms with E-state index in [-0.39, 0.29) is 22.8 Å². The quantitative estimate of drug-likeness (QED) is 0.581. The summed E-state index contributed by atoms with van der Waals surface area (Å²) in [6.45, 7) is -2.53. The molecule has 1 heterocycles. The molecule has 4 rings (SSSR count). The Bertz CT molecular complexity index is 1250. The van der Waals surface area contributed by atoms with Crippen LogP contribution in [0.15, 0.2) is 77.7 Å². The third-order valence-corrected chi connectivity index (χ3v) is 6.91. The van der Waals surface area contributed by atoms with Crippen LogP contribution in [0, 0.1) is 0 Å². The molecule has 3 aromatic carbocycles. The highest BCUT2D eigenvalue weighted by Gasteiger charge is 2.30. The monoisotopic (exact) mass is 458 g/mol. The summed E-state index contributed by atoms with van der Waals surface area (Å²) in [5.74, 6) is -0.491. The van der Waals surface area contributed by atoms with Gasteiger partial charge in [-0.25, -0.2) is 8.42 Å². The molecule has 0 saturated carbocycles. The molecule has 32 heavy (non-hydrogen) atoms. The molecule has 0 aliphatic carbocycles. The van der Waals surface area contributed by atoms with Crippen LogP contribution in [-0.2, 0) is 23.0 Å². The first kappa shape index (κ1) is 21.8. The molecule has 1 amide bonds. The van der Waals surface area contributed by atoms with E-state index in [1.54, 1.807) is 24.3 Å². The van der Waals surface area contributed by atoms with Crippen LogP contribution in [0.5, 0.6) is 5.75 Å². The van der Waals surface area contributed by atoms with E-state index in [0.717, 1.165) is 5.56 Å². The second-order valence-electron chi connectivity index (χ2n) is 7.19. The number of nitrogens with zero attached hydrogens (tertiary/aromatic N) is 1. The molecule has 0 fully saturated rings. The van der Waals surface area contributed by atoms with Gasteiger partial charge >= 0.3 is 6.61 Å². The number of ether oxygens (including phenoxy) is 1. The van der Waals surface area contributed by atoms with Crippen LogP contribution < -0.4 is 14.4 Å². The molecule has 0 spiro atoms. The summed E-state index contributed by atoms with van der Waals surface area (Å²) in [6.07, 6.45) is 0.629. The molecule has 6 nitrogen and oxygen atoms in total. The Morgan fingerprint density at radius 2 is 1.81 bits per heavy atom. The zero-order valence-corrected chi connectivity index (χ0v) is 17.7. The van der Waals surface area contributed by atoms with Crippen molar-refractivity contribution in [1.29, 1.82) is 0 Å². The number of hydrogen-bond acceptors (Lipinski definition) is 4. The predicted molar refractivity (Wildman–Crippen MR) is 115 cm³/mol. The number of benzene rings is 3. The number of hydrogen-bond donors (Lipinski definition) is 1. The molecule has 0 atom stereocenters. The average molecular weight is 458 g/mol. The van der Waals surface area contributed by atoms with Gasteiger partial charge in [-0.05, 0) is 53.9 Å². The second kappa shape index (κ2) is 8.96. The van der Waals surface area contributed by atoms with Gasteiger partial charge in [0.15, 0.2) is 0 Å². The summed E-state index contributed by atoms with van der Waals surface area (Å²) in [6, 6.07) is 19.1. The van der Waals surface area contributed by atoms with Gasteiger partial charge in [-0.1, -0.05) is 36.4 Å². The molecule has 3 aromatic rings. The zero-order valence-electron chi connectivity index (χ0n) is 16.9. The van der Waals surface area contributed by atoms with Crippen molar-refractivity contribution in [3.8, 4) is 5.75 Å². The van der Waals surface area contributed by atoms with Gasteiger partial charge in [-0.3, -0.25) is 9.10 Å². The molecular weight excluding hydrogens is 438 g/mol. The molecular formula is C23H20F2N2O4S. The van der Waals surface area contributed by atoms with Crippen molar-refractivity contribution < 1.29 is 26.7 Å². The van der Waals surface area contributed by atoms with E-state index in [4.69, 9.17) is 0 Å². The Balaban J connectivity index is 1.49. The molecule has 0 aromatic heterocycles. The Labute approximate surface area is 184 Å². The smallest absolute Gasteiger partial charge is 0.387 e. The third-order valence-electron chi connectivity index (χ3n) is 5.11. The fourth-order valence-electron chi connectivity index (χ4n) is 3.60. The SMILES string of the molecule is O=C(NCc1cccc(OC(F)F)c1)c1cccc(S(=O)(=O)N2CCc3ccccc32)c1. The molecule has 166 valence electrons. The summed E-state index contributed by atoms with van der Waals surface area (Å²) in [7, 11) is -3.83. The van der Waals surface area contributed by atoms with Gasteiger partial charge in [0.05, 0.1) is 10.6 Å². The Morgan fingerprint density at radius 1 is 1.03 bits per heavy atom. The van der Waals surface area contributed by atoms with Crippen LogP contribution >= 0.6 is 0 Å². The summed E-state index contributed by atoms with van der Waals surface area (Å²) >= 11 is 0. The summed E-state index contributed by atoms with van der Waals surface area (Å²) in [4.78, 5) is 12.6. The van der Waals surface area contributed by atoms with Crippen molar-refractivity contribution in [3.63, 3.8) is 0 Å². The number of fused-ring (bicyclic) bond motifs is 1. The number of carbonyl (C=O) groups is 1. The number of para-hydroxylation sites is 1. The first-order valence-corrected chi connectivity index (χ1v) is 11.3. The number of anilines is 1. The minimum absolute atomic E-state index is 0.00858. The van der Waals surface area contributed by atoms with E-state index < -0.39 is 22.5 Å². The minimum Gasteiger partial charge on any atom is -0.435 e.